The van der Waals surface area contributed by atoms with Crippen LogP contribution in [0.2, 0.25) is 0 Å². The molecule has 1 aliphatic heterocycles. The van der Waals surface area contributed by atoms with E-state index in [0.717, 1.165) is 37.7 Å². The highest BCUT2D eigenvalue weighted by molar-refractivity contribution is 5.69. The van der Waals surface area contributed by atoms with Gasteiger partial charge in [0.2, 0.25) is 0 Å². The van der Waals surface area contributed by atoms with Crippen molar-refractivity contribution >= 4 is 12.1 Å². The highest BCUT2D eigenvalue weighted by Gasteiger charge is 2.34. The zero-order chi connectivity index (χ0) is 24.2. The highest BCUT2D eigenvalue weighted by atomic mass is 16.6. The van der Waals surface area contributed by atoms with Gasteiger partial charge < -0.3 is 24.2 Å². The molecule has 0 aliphatic carbocycles. The van der Waals surface area contributed by atoms with Crippen molar-refractivity contribution in [1.82, 2.24) is 4.90 Å². The Morgan fingerprint density at radius 1 is 1.00 bits per heavy atom. The van der Waals surface area contributed by atoms with E-state index in [2.05, 4.69) is 0 Å². The monoisotopic (exact) mass is 463 g/mol. The van der Waals surface area contributed by atoms with E-state index in [0.29, 0.717) is 45.6 Å². The largest absolute Gasteiger partial charge is 0.460 e. The van der Waals surface area contributed by atoms with Crippen LogP contribution >= 0.6 is 0 Å². The lowest BCUT2D eigenvalue weighted by Gasteiger charge is -2.37. The molecule has 0 unspecified atom stereocenters. The van der Waals surface area contributed by atoms with Crippen molar-refractivity contribution in [3.05, 3.63) is 35.9 Å². The van der Waals surface area contributed by atoms with E-state index in [9.17, 15) is 14.7 Å². The number of ether oxygens (including phenoxy) is 3. The molecule has 1 N–H and O–H groups in total. The van der Waals surface area contributed by atoms with Crippen LogP contribution in [0.4, 0.5) is 4.79 Å². The topological polar surface area (TPSA) is 85.3 Å². The molecule has 1 fully saturated rings. The number of hydrogen-bond donors (Lipinski definition) is 1. The second-order valence-corrected chi connectivity index (χ2v) is 9.91. The number of carbonyl (C=O) groups is 2. The number of aliphatic hydroxyl groups is 1. The molecule has 0 aromatic heterocycles. The fraction of sp³-hybridized carbons (Fsp3) is 0.692. The van der Waals surface area contributed by atoms with Crippen molar-refractivity contribution in [1.29, 1.82) is 0 Å². The van der Waals surface area contributed by atoms with E-state index >= 15 is 0 Å². The van der Waals surface area contributed by atoms with Crippen molar-refractivity contribution in [3.8, 4) is 0 Å². The predicted octanol–water partition coefficient (Wildman–Crippen LogP) is 4.85. The first kappa shape index (κ1) is 27.1. The van der Waals surface area contributed by atoms with Gasteiger partial charge in [-0.2, -0.15) is 0 Å². The number of hydrogen-bond acceptors (Lipinski definition) is 6. The van der Waals surface area contributed by atoms with Crippen LogP contribution in [-0.2, 0) is 25.6 Å². The molecule has 1 heterocycles. The number of nitrogens with zero attached hydrogens (tertiary/aromatic N) is 1. The maximum atomic E-state index is 12.3. The van der Waals surface area contributed by atoms with Crippen LogP contribution in [-0.4, -0.2) is 59.6 Å². The van der Waals surface area contributed by atoms with Crippen LogP contribution in [0.5, 0.6) is 0 Å². The lowest BCUT2D eigenvalue weighted by Crippen LogP contribution is -2.49. The summed E-state index contributed by atoms with van der Waals surface area (Å²) in [4.78, 5) is 25.6. The number of carbonyl (C=O) groups excluding carboxylic acids is 2. The zero-order valence-electron chi connectivity index (χ0n) is 20.5. The minimum absolute atomic E-state index is 0.130. The average molecular weight is 464 g/mol. The molecule has 0 saturated carbocycles. The average Bonchev–Trinajstić information content (AvgIpc) is 2.76. The molecule has 1 saturated heterocycles. The van der Waals surface area contributed by atoms with Crippen LogP contribution in [0.1, 0.15) is 77.7 Å². The molecular weight excluding hydrogens is 422 g/mol. The Bertz CT molecular complexity index is 707. The Morgan fingerprint density at radius 3 is 2.30 bits per heavy atom. The van der Waals surface area contributed by atoms with Crippen LogP contribution in [0, 0.1) is 0 Å². The first-order valence-electron chi connectivity index (χ1n) is 12.1. The lowest BCUT2D eigenvalue weighted by molar-refractivity contribution is -0.154. The molecule has 0 radical (unpaired) electrons. The van der Waals surface area contributed by atoms with Gasteiger partial charge in [0.15, 0.2) is 0 Å². The van der Waals surface area contributed by atoms with Gasteiger partial charge >= 0.3 is 12.1 Å². The summed E-state index contributed by atoms with van der Waals surface area (Å²) in [5, 5.41) is 10.7. The maximum Gasteiger partial charge on any atom is 0.410 e. The third kappa shape index (κ3) is 11.5. The Hall–Kier alpha value is -2.12. The lowest BCUT2D eigenvalue weighted by atomic mass is 9.92. The van der Waals surface area contributed by atoms with Gasteiger partial charge in [0.25, 0.3) is 0 Å². The fourth-order valence-corrected chi connectivity index (χ4v) is 3.72. The van der Waals surface area contributed by atoms with Gasteiger partial charge in [0.05, 0.1) is 12.2 Å². The smallest absolute Gasteiger partial charge is 0.410 e. The number of benzene rings is 1. The third-order valence-electron chi connectivity index (χ3n) is 5.62. The summed E-state index contributed by atoms with van der Waals surface area (Å²) in [6.07, 6.45) is 5.96. The molecule has 0 bridgehead atoms. The molecule has 1 amide bonds. The normalized spacial score (nSPS) is 15.8. The Morgan fingerprint density at radius 2 is 1.64 bits per heavy atom. The van der Waals surface area contributed by atoms with E-state index < -0.39 is 11.2 Å². The van der Waals surface area contributed by atoms with Crippen LogP contribution in [0.3, 0.4) is 0 Å². The summed E-state index contributed by atoms with van der Waals surface area (Å²) in [7, 11) is 0. The first-order valence-corrected chi connectivity index (χ1v) is 12.1. The van der Waals surface area contributed by atoms with Crippen LogP contribution in [0.15, 0.2) is 30.3 Å². The molecule has 1 aromatic carbocycles. The molecule has 0 spiro atoms. The van der Waals surface area contributed by atoms with E-state index in [-0.39, 0.29) is 18.7 Å². The van der Waals surface area contributed by atoms with Crippen molar-refractivity contribution in [2.24, 2.45) is 0 Å². The Kier molecular flexibility index (Phi) is 11.1. The molecular formula is C26H41NO6. The second kappa shape index (κ2) is 13.6. The second-order valence-electron chi connectivity index (χ2n) is 9.91. The van der Waals surface area contributed by atoms with Gasteiger partial charge in [-0.1, -0.05) is 49.6 Å². The minimum atomic E-state index is -0.885. The van der Waals surface area contributed by atoms with Gasteiger partial charge in [-0.05, 0) is 52.0 Å². The van der Waals surface area contributed by atoms with Crippen molar-refractivity contribution < 1.29 is 28.9 Å². The van der Waals surface area contributed by atoms with E-state index in [1.54, 1.807) is 4.90 Å². The summed E-state index contributed by atoms with van der Waals surface area (Å²) in [6, 6.07) is 9.59. The van der Waals surface area contributed by atoms with Gasteiger partial charge in [-0.15, -0.1) is 0 Å². The van der Waals surface area contributed by atoms with Gasteiger partial charge in [0.1, 0.15) is 12.2 Å². The Balaban J connectivity index is 1.48. The quantitative estimate of drug-likeness (QED) is 0.352. The molecule has 7 heteroatoms. The molecule has 7 nitrogen and oxygen atoms in total. The molecule has 33 heavy (non-hydrogen) atoms. The first-order chi connectivity index (χ1) is 15.7. The van der Waals surface area contributed by atoms with Gasteiger partial charge in [-0.3, -0.25) is 4.79 Å². The summed E-state index contributed by atoms with van der Waals surface area (Å²) in [6.45, 7) is 7.72. The molecule has 1 aliphatic rings. The minimum Gasteiger partial charge on any atom is -0.460 e. The Labute approximate surface area is 198 Å². The zero-order valence-corrected chi connectivity index (χ0v) is 20.5. The standard InChI is InChI=1S/C26H41NO6/c1-25(2,3)33-23(28)14-10-5-4-6-11-19-31-21-26(30)15-17-27(18-16-26)24(29)32-20-22-12-8-7-9-13-22/h7-9,12-13,30H,4-6,10-11,14-21H2,1-3H3. The van der Waals surface area contributed by atoms with Crippen molar-refractivity contribution in [2.45, 2.75) is 89.9 Å². The predicted molar refractivity (Wildman–Crippen MR) is 127 cm³/mol. The number of rotatable bonds is 12. The molecule has 0 atom stereocenters. The fourth-order valence-electron chi connectivity index (χ4n) is 3.72. The van der Waals surface area contributed by atoms with Gasteiger partial charge in [-0.25, -0.2) is 4.79 Å². The summed E-state index contributed by atoms with van der Waals surface area (Å²) in [5.41, 5.74) is -0.347. The number of unbranched alkanes of at least 4 members (excludes halogenated alkanes) is 4. The van der Waals surface area contributed by atoms with Crippen molar-refractivity contribution in [3.63, 3.8) is 0 Å². The number of esters is 1. The molecule has 2 rings (SSSR count). The summed E-state index contributed by atoms with van der Waals surface area (Å²) >= 11 is 0. The highest BCUT2D eigenvalue weighted by Crippen LogP contribution is 2.23. The number of piperidine rings is 1. The van der Waals surface area contributed by atoms with E-state index in [1.807, 2.05) is 51.1 Å². The van der Waals surface area contributed by atoms with E-state index in [1.165, 1.54) is 0 Å². The van der Waals surface area contributed by atoms with Crippen molar-refractivity contribution in [2.75, 3.05) is 26.3 Å². The third-order valence-corrected chi connectivity index (χ3v) is 5.62. The molecule has 186 valence electrons. The SMILES string of the molecule is CC(C)(C)OC(=O)CCCCCCCOCC1(O)CCN(C(=O)OCc2ccccc2)CC1. The number of amides is 1. The van der Waals surface area contributed by atoms with Crippen LogP contribution in [0.25, 0.3) is 0 Å². The molecule has 1 aromatic rings. The van der Waals surface area contributed by atoms with Gasteiger partial charge in [0, 0.05) is 26.1 Å². The van der Waals surface area contributed by atoms with E-state index in [4.69, 9.17) is 14.2 Å². The summed E-state index contributed by atoms with van der Waals surface area (Å²) < 4.78 is 16.4. The van der Waals surface area contributed by atoms with Crippen LogP contribution < -0.4 is 0 Å². The maximum absolute atomic E-state index is 12.3. The summed E-state index contributed by atoms with van der Waals surface area (Å²) in [5.74, 6) is -0.130. The number of likely N-dealkylation sites (tertiary alicyclic amines) is 1.